The molecular weight excluding hydrogens is 268 g/mol. The lowest BCUT2D eigenvalue weighted by Crippen LogP contribution is -2.33. The number of rotatable bonds is 3. The van der Waals surface area contributed by atoms with E-state index in [0.29, 0.717) is 12.4 Å². The number of ether oxygens (including phenoxy) is 2. The van der Waals surface area contributed by atoms with Crippen molar-refractivity contribution in [3.8, 4) is 17.6 Å². The first-order valence-electron chi connectivity index (χ1n) is 6.58. The summed E-state index contributed by atoms with van der Waals surface area (Å²) in [7, 11) is 1.63. The summed E-state index contributed by atoms with van der Waals surface area (Å²) in [5, 5.41) is 12.3. The van der Waals surface area contributed by atoms with E-state index in [1.165, 1.54) is 6.20 Å². The lowest BCUT2D eigenvalue weighted by Gasteiger charge is -2.27. The summed E-state index contributed by atoms with van der Waals surface area (Å²) in [6.45, 7) is 0.481. The molecule has 0 fully saturated rings. The predicted molar refractivity (Wildman–Crippen MR) is 76.4 cm³/mol. The molecule has 1 aliphatic rings. The van der Waals surface area contributed by atoms with Crippen molar-refractivity contribution in [2.45, 2.75) is 12.5 Å². The number of para-hydroxylation sites is 1. The SMILES string of the molecule is COc1cccc2c1OCC(Nc1nccnc1C#N)C2. The van der Waals surface area contributed by atoms with Gasteiger partial charge < -0.3 is 14.8 Å². The Bertz CT molecular complexity index is 696. The molecule has 0 saturated carbocycles. The highest BCUT2D eigenvalue weighted by Gasteiger charge is 2.23. The number of hydrogen-bond donors (Lipinski definition) is 1. The second kappa shape index (κ2) is 5.67. The van der Waals surface area contributed by atoms with Crippen molar-refractivity contribution in [1.29, 1.82) is 5.26 Å². The number of aromatic nitrogens is 2. The molecule has 6 nitrogen and oxygen atoms in total. The van der Waals surface area contributed by atoms with E-state index < -0.39 is 0 Å². The standard InChI is InChI=1S/C15H14N4O2/c1-20-13-4-2-3-10-7-11(9-21-14(10)13)19-15-12(8-16)17-5-6-18-15/h2-6,11H,7,9H2,1H3,(H,18,19). The average molecular weight is 282 g/mol. The molecule has 1 atom stereocenters. The van der Waals surface area contributed by atoms with Crippen LogP contribution in [0.2, 0.25) is 0 Å². The second-order valence-corrected chi connectivity index (χ2v) is 4.67. The van der Waals surface area contributed by atoms with Crippen LogP contribution in [0.1, 0.15) is 11.3 Å². The van der Waals surface area contributed by atoms with Gasteiger partial charge in [0.2, 0.25) is 0 Å². The van der Waals surface area contributed by atoms with Gasteiger partial charge in [0, 0.05) is 18.0 Å². The minimum absolute atomic E-state index is 0.0356. The molecule has 1 unspecified atom stereocenters. The molecule has 0 amide bonds. The Labute approximate surface area is 122 Å². The summed E-state index contributed by atoms with van der Waals surface area (Å²) >= 11 is 0. The smallest absolute Gasteiger partial charge is 0.182 e. The number of nitriles is 1. The molecule has 2 aromatic rings. The molecule has 21 heavy (non-hydrogen) atoms. The molecule has 1 N–H and O–H groups in total. The highest BCUT2D eigenvalue weighted by atomic mass is 16.5. The number of methoxy groups -OCH3 is 1. The van der Waals surface area contributed by atoms with E-state index in [9.17, 15) is 0 Å². The largest absolute Gasteiger partial charge is 0.493 e. The zero-order valence-electron chi connectivity index (χ0n) is 11.5. The van der Waals surface area contributed by atoms with E-state index in [1.54, 1.807) is 13.3 Å². The van der Waals surface area contributed by atoms with Crippen LogP contribution in [0.4, 0.5) is 5.82 Å². The number of nitrogens with zero attached hydrogens (tertiary/aromatic N) is 3. The van der Waals surface area contributed by atoms with Crippen LogP contribution in [-0.4, -0.2) is 29.7 Å². The van der Waals surface area contributed by atoms with E-state index in [0.717, 1.165) is 23.5 Å². The summed E-state index contributed by atoms with van der Waals surface area (Å²) in [4.78, 5) is 8.14. The van der Waals surface area contributed by atoms with Crippen LogP contribution in [0.15, 0.2) is 30.6 Å². The maximum absolute atomic E-state index is 9.03. The minimum atomic E-state index is 0.0356. The molecule has 3 rings (SSSR count). The Morgan fingerprint density at radius 1 is 1.38 bits per heavy atom. The topological polar surface area (TPSA) is 80.1 Å². The van der Waals surface area contributed by atoms with Crippen molar-refractivity contribution in [2.24, 2.45) is 0 Å². The fourth-order valence-corrected chi connectivity index (χ4v) is 2.37. The second-order valence-electron chi connectivity index (χ2n) is 4.67. The minimum Gasteiger partial charge on any atom is -0.493 e. The Kier molecular flexibility index (Phi) is 3.56. The highest BCUT2D eigenvalue weighted by molar-refractivity contribution is 5.51. The number of hydrogen-bond acceptors (Lipinski definition) is 6. The molecule has 0 aliphatic carbocycles. The highest BCUT2D eigenvalue weighted by Crippen LogP contribution is 2.35. The normalized spacial score (nSPS) is 16.3. The van der Waals surface area contributed by atoms with Crippen molar-refractivity contribution in [3.05, 3.63) is 41.9 Å². The summed E-state index contributed by atoms with van der Waals surface area (Å²) in [5.41, 5.74) is 1.36. The van der Waals surface area contributed by atoms with Gasteiger partial charge in [0.1, 0.15) is 12.7 Å². The summed E-state index contributed by atoms with van der Waals surface area (Å²) in [6, 6.07) is 7.88. The van der Waals surface area contributed by atoms with Crippen LogP contribution in [-0.2, 0) is 6.42 Å². The molecular formula is C15H14N4O2. The van der Waals surface area contributed by atoms with Gasteiger partial charge in [0.15, 0.2) is 23.0 Å². The van der Waals surface area contributed by atoms with Gasteiger partial charge in [-0.2, -0.15) is 5.26 Å². The van der Waals surface area contributed by atoms with E-state index in [-0.39, 0.29) is 11.7 Å². The third-order valence-electron chi connectivity index (χ3n) is 3.32. The Morgan fingerprint density at radius 2 is 2.24 bits per heavy atom. The summed E-state index contributed by atoms with van der Waals surface area (Å²) < 4.78 is 11.1. The lowest BCUT2D eigenvalue weighted by molar-refractivity contribution is 0.256. The molecule has 6 heteroatoms. The van der Waals surface area contributed by atoms with Crippen molar-refractivity contribution in [2.75, 3.05) is 19.0 Å². The molecule has 0 radical (unpaired) electrons. The van der Waals surface area contributed by atoms with Gasteiger partial charge in [0.05, 0.1) is 13.2 Å². The molecule has 1 aromatic carbocycles. The first-order chi connectivity index (χ1) is 10.3. The molecule has 0 spiro atoms. The van der Waals surface area contributed by atoms with Gasteiger partial charge in [-0.15, -0.1) is 0 Å². The van der Waals surface area contributed by atoms with Crippen molar-refractivity contribution >= 4 is 5.82 Å². The lowest BCUT2D eigenvalue weighted by atomic mass is 10.0. The van der Waals surface area contributed by atoms with Gasteiger partial charge in [-0.1, -0.05) is 12.1 Å². The Balaban J connectivity index is 1.80. The van der Waals surface area contributed by atoms with E-state index >= 15 is 0 Å². The molecule has 0 bridgehead atoms. The predicted octanol–water partition coefficient (Wildman–Crippen LogP) is 1.77. The summed E-state index contributed by atoms with van der Waals surface area (Å²) in [6.07, 6.45) is 3.83. The Morgan fingerprint density at radius 3 is 3.05 bits per heavy atom. The Hall–Kier alpha value is -2.81. The maximum atomic E-state index is 9.03. The number of benzene rings is 1. The van der Waals surface area contributed by atoms with E-state index in [4.69, 9.17) is 14.7 Å². The fraction of sp³-hybridized carbons (Fsp3) is 0.267. The zero-order valence-corrected chi connectivity index (χ0v) is 11.5. The van der Waals surface area contributed by atoms with Gasteiger partial charge in [-0.3, -0.25) is 0 Å². The van der Waals surface area contributed by atoms with Crippen molar-refractivity contribution < 1.29 is 9.47 Å². The first kappa shape index (κ1) is 13.2. The third-order valence-corrected chi connectivity index (χ3v) is 3.32. The fourth-order valence-electron chi connectivity index (χ4n) is 2.37. The summed E-state index contributed by atoms with van der Waals surface area (Å²) in [5.74, 6) is 2.01. The van der Waals surface area contributed by atoms with Crippen LogP contribution in [0.5, 0.6) is 11.5 Å². The van der Waals surface area contributed by atoms with Gasteiger partial charge in [-0.05, 0) is 12.5 Å². The van der Waals surface area contributed by atoms with Crippen LogP contribution in [0.3, 0.4) is 0 Å². The maximum Gasteiger partial charge on any atom is 0.182 e. The number of nitrogens with one attached hydrogen (secondary N) is 1. The molecule has 1 aromatic heterocycles. The third kappa shape index (κ3) is 2.58. The monoisotopic (exact) mass is 282 g/mol. The molecule has 106 valence electrons. The van der Waals surface area contributed by atoms with Crippen LogP contribution >= 0.6 is 0 Å². The van der Waals surface area contributed by atoms with Crippen LogP contribution in [0.25, 0.3) is 0 Å². The van der Waals surface area contributed by atoms with Gasteiger partial charge >= 0.3 is 0 Å². The molecule has 2 heterocycles. The van der Waals surface area contributed by atoms with Crippen LogP contribution in [0, 0.1) is 11.3 Å². The first-order valence-corrected chi connectivity index (χ1v) is 6.58. The van der Waals surface area contributed by atoms with E-state index in [2.05, 4.69) is 15.3 Å². The average Bonchev–Trinajstić information content (AvgIpc) is 2.54. The van der Waals surface area contributed by atoms with Gasteiger partial charge in [-0.25, -0.2) is 9.97 Å². The van der Waals surface area contributed by atoms with Crippen molar-refractivity contribution in [3.63, 3.8) is 0 Å². The van der Waals surface area contributed by atoms with Gasteiger partial charge in [0.25, 0.3) is 0 Å². The molecule has 0 saturated heterocycles. The van der Waals surface area contributed by atoms with Crippen LogP contribution < -0.4 is 14.8 Å². The number of fused-ring (bicyclic) bond motifs is 1. The molecule has 1 aliphatic heterocycles. The quantitative estimate of drug-likeness (QED) is 0.924. The van der Waals surface area contributed by atoms with Crippen molar-refractivity contribution in [1.82, 2.24) is 9.97 Å². The van der Waals surface area contributed by atoms with E-state index in [1.807, 2.05) is 24.3 Å². The number of anilines is 1. The zero-order chi connectivity index (χ0) is 14.7.